The summed E-state index contributed by atoms with van der Waals surface area (Å²) in [6, 6.07) is 9.55. The third-order valence-electron chi connectivity index (χ3n) is 3.38. The minimum absolute atomic E-state index is 0.0445. The second kappa shape index (κ2) is 8.07. The number of hydrogen-bond donors (Lipinski definition) is 1. The Bertz CT molecular complexity index is 786. The molecule has 0 aromatic carbocycles. The van der Waals surface area contributed by atoms with Crippen LogP contribution in [0.3, 0.4) is 0 Å². The van der Waals surface area contributed by atoms with Crippen LogP contribution in [0.5, 0.6) is 0 Å². The van der Waals surface area contributed by atoms with E-state index in [0.29, 0.717) is 13.0 Å². The summed E-state index contributed by atoms with van der Waals surface area (Å²) in [4.78, 5) is 16.9. The minimum Gasteiger partial charge on any atom is -0.351 e. The lowest BCUT2D eigenvalue weighted by atomic mass is 10.3. The fourth-order valence-electron chi connectivity index (χ4n) is 2.09. The van der Waals surface area contributed by atoms with E-state index in [1.54, 1.807) is 18.0 Å². The molecular weight excluding hydrogens is 342 g/mol. The number of carbonyl (C=O) groups is 1. The fraction of sp³-hybridized carbons (Fsp3) is 0.250. The third-order valence-corrected chi connectivity index (χ3v) is 5.30. The van der Waals surface area contributed by atoms with Crippen LogP contribution in [0, 0.1) is 0 Å². The molecule has 1 N–H and O–H groups in total. The SMILES string of the molecule is Cn1c(CCNC(=O)c2cccs2)nnc1SCc1ccccn1. The highest BCUT2D eigenvalue weighted by Gasteiger charge is 2.11. The fourth-order valence-corrected chi connectivity index (χ4v) is 3.58. The predicted molar refractivity (Wildman–Crippen MR) is 95.2 cm³/mol. The first kappa shape index (κ1) is 16.7. The number of nitrogens with one attached hydrogen (secondary N) is 1. The number of carbonyl (C=O) groups excluding carboxylic acids is 1. The van der Waals surface area contributed by atoms with E-state index in [1.807, 2.05) is 47.3 Å². The Kier molecular flexibility index (Phi) is 5.60. The van der Waals surface area contributed by atoms with E-state index in [2.05, 4.69) is 20.5 Å². The molecule has 24 heavy (non-hydrogen) atoms. The van der Waals surface area contributed by atoms with Crippen LogP contribution in [0.1, 0.15) is 21.2 Å². The van der Waals surface area contributed by atoms with Gasteiger partial charge in [0.25, 0.3) is 5.91 Å². The van der Waals surface area contributed by atoms with Gasteiger partial charge < -0.3 is 9.88 Å². The number of amides is 1. The van der Waals surface area contributed by atoms with Crippen LogP contribution in [0.4, 0.5) is 0 Å². The van der Waals surface area contributed by atoms with E-state index >= 15 is 0 Å². The van der Waals surface area contributed by atoms with Crippen molar-refractivity contribution in [3.05, 3.63) is 58.3 Å². The van der Waals surface area contributed by atoms with Crippen molar-refractivity contribution in [3.8, 4) is 0 Å². The van der Waals surface area contributed by atoms with Gasteiger partial charge in [-0.25, -0.2) is 0 Å². The van der Waals surface area contributed by atoms with Gasteiger partial charge in [0, 0.05) is 32.0 Å². The van der Waals surface area contributed by atoms with Gasteiger partial charge in [-0.3, -0.25) is 9.78 Å². The van der Waals surface area contributed by atoms with Gasteiger partial charge in [-0.2, -0.15) is 0 Å². The molecule has 0 saturated carbocycles. The van der Waals surface area contributed by atoms with Crippen molar-refractivity contribution in [2.75, 3.05) is 6.54 Å². The molecule has 1 amide bonds. The van der Waals surface area contributed by atoms with Crippen LogP contribution in [0.15, 0.2) is 47.1 Å². The molecule has 0 aliphatic carbocycles. The van der Waals surface area contributed by atoms with E-state index in [4.69, 9.17) is 0 Å². The average molecular weight is 359 g/mol. The van der Waals surface area contributed by atoms with Gasteiger partial charge in [0.05, 0.1) is 10.6 Å². The summed E-state index contributed by atoms with van der Waals surface area (Å²) in [6.45, 7) is 0.535. The number of nitrogens with zero attached hydrogens (tertiary/aromatic N) is 4. The molecule has 0 radical (unpaired) electrons. The molecule has 0 unspecified atom stereocenters. The average Bonchev–Trinajstić information content (AvgIpc) is 3.25. The zero-order valence-electron chi connectivity index (χ0n) is 13.2. The van der Waals surface area contributed by atoms with Crippen LogP contribution < -0.4 is 5.32 Å². The number of thiophene rings is 1. The maximum Gasteiger partial charge on any atom is 0.261 e. The lowest BCUT2D eigenvalue weighted by Gasteiger charge is -2.05. The quantitative estimate of drug-likeness (QED) is 0.656. The molecule has 3 heterocycles. The Balaban J connectivity index is 1.50. The summed E-state index contributed by atoms with van der Waals surface area (Å²) in [5.74, 6) is 1.56. The van der Waals surface area contributed by atoms with Crippen molar-refractivity contribution in [1.29, 1.82) is 0 Å². The van der Waals surface area contributed by atoms with E-state index in [1.165, 1.54) is 11.3 Å². The van der Waals surface area contributed by atoms with E-state index in [0.717, 1.165) is 27.3 Å². The van der Waals surface area contributed by atoms with Crippen LogP contribution in [-0.4, -0.2) is 32.2 Å². The largest absolute Gasteiger partial charge is 0.351 e. The van der Waals surface area contributed by atoms with E-state index in [-0.39, 0.29) is 5.91 Å². The lowest BCUT2D eigenvalue weighted by molar-refractivity contribution is 0.0958. The second-order valence-corrected chi connectivity index (χ2v) is 6.94. The molecule has 3 aromatic rings. The standard InChI is InChI=1S/C16H17N5OS2/c1-21-14(7-9-18-15(22)13-6-4-10-23-13)19-20-16(21)24-11-12-5-2-3-8-17-12/h2-6,8,10H,7,9,11H2,1H3,(H,18,22). The maximum absolute atomic E-state index is 11.9. The minimum atomic E-state index is -0.0445. The molecule has 0 bridgehead atoms. The molecule has 3 aromatic heterocycles. The first-order valence-electron chi connectivity index (χ1n) is 7.46. The third kappa shape index (κ3) is 4.21. The molecule has 8 heteroatoms. The number of hydrogen-bond acceptors (Lipinski definition) is 6. The van der Waals surface area contributed by atoms with Gasteiger partial charge in [0.15, 0.2) is 5.16 Å². The number of pyridine rings is 1. The van der Waals surface area contributed by atoms with Crippen LogP contribution in [-0.2, 0) is 19.2 Å². The Morgan fingerprint density at radius 2 is 2.21 bits per heavy atom. The van der Waals surface area contributed by atoms with E-state index in [9.17, 15) is 4.79 Å². The van der Waals surface area contributed by atoms with Crippen LogP contribution >= 0.6 is 23.1 Å². The Hall–Kier alpha value is -2.19. The summed E-state index contributed by atoms with van der Waals surface area (Å²) in [5, 5.41) is 14.1. The summed E-state index contributed by atoms with van der Waals surface area (Å²) >= 11 is 3.03. The molecule has 6 nitrogen and oxygen atoms in total. The Labute approximate surface area is 148 Å². The number of thioether (sulfide) groups is 1. The smallest absolute Gasteiger partial charge is 0.261 e. The second-order valence-electron chi connectivity index (χ2n) is 5.05. The highest BCUT2D eigenvalue weighted by molar-refractivity contribution is 7.98. The topological polar surface area (TPSA) is 72.7 Å². The van der Waals surface area contributed by atoms with Gasteiger partial charge in [-0.1, -0.05) is 23.9 Å². The maximum atomic E-state index is 11.9. The summed E-state index contributed by atoms with van der Waals surface area (Å²) in [7, 11) is 1.94. The van der Waals surface area contributed by atoms with Gasteiger partial charge >= 0.3 is 0 Å². The van der Waals surface area contributed by atoms with Crippen LogP contribution in [0.25, 0.3) is 0 Å². The molecular formula is C16H17N5OS2. The Morgan fingerprint density at radius 1 is 1.29 bits per heavy atom. The van der Waals surface area contributed by atoms with Crippen molar-refractivity contribution in [3.63, 3.8) is 0 Å². The first-order valence-corrected chi connectivity index (χ1v) is 9.33. The molecule has 3 rings (SSSR count). The molecule has 0 aliphatic rings. The first-order chi connectivity index (χ1) is 11.7. The van der Waals surface area contributed by atoms with Gasteiger partial charge in [-0.05, 0) is 23.6 Å². The summed E-state index contributed by atoms with van der Waals surface area (Å²) < 4.78 is 1.96. The molecule has 0 atom stereocenters. The van der Waals surface area contributed by atoms with Crippen molar-refractivity contribution in [2.24, 2.45) is 7.05 Å². The van der Waals surface area contributed by atoms with Crippen LogP contribution in [0.2, 0.25) is 0 Å². The molecule has 0 saturated heterocycles. The van der Waals surface area contributed by atoms with Crippen molar-refractivity contribution < 1.29 is 4.79 Å². The zero-order chi connectivity index (χ0) is 16.8. The molecule has 0 spiro atoms. The predicted octanol–water partition coefficient (Wildman–Crippen LogP) is 2.54. The van der Waals surface area contributed by atoms with Gasteiger partial charge in [0.1, 0.15) is 5.82 Å². The normalized spacial score (nSPS) is 10.7. The van der Waals surface area contributed by atoms with Gasteiger partial charge in [0.2, 0.25) is 0 Å². The number of aromatic nitrogens is 4. The lowest BCUT2D eigenvalue weighted by Crippen LogP contribution is -2.25. The van der Waals surface area contributed by atoms with E-state index < -0.39 is 0 Å². The zero-order valence-corrected chi connectivity index (χ0v) is 14.8. The summed E-state index contributed by atoms with van der Waals surface area (Å²) in [6.07, 6.45) is 2.43. The van der Waals surface area contributed by atoms with Crippen molar-refractivity contribution in [1.82, 2.24) is 25.1 Å². The molecule has 0 aliphatic heterocycles. The van der Waals surface area contributed by atoms with Crippen molar-refractivity contribution in [2.45, 2.75) is 17.3 Å². The summed E-state index contributed by atoms with van der Waals surface area (Å²) in [5.41, 5.74) is 1.01. The number of rotatable bonds is 7. The van der Waals surface area contributed by atoms with Crippen molar-refractivity contribution >= 4 is 29.0 Å². The molecule has 0 fully saturated rings. The Morgan fingerprint density at radius 3 is 2.96 bits per heavy atom. The monoisotopic (exact) mass is 359 g/mol. The highest BCUT2D eigenvalue weighted by Crippen LogP contribution is 2.19. The highest BCUT2D eigenvalue weighted by atomic mass is 32.2. The van der Waals surface area contributed by atoms with Gasteiger partial charge in [-0.15, -0.1) is 21.5 Å². The molecule has 124 valence electrons.